The maximum absolute atomic E-state index is 9.89. The molecule has 0 bridgehead atoms. The van der Waals surface area contributed by atoms with Gasteiger partial charge in [0.05, 0.1) is 6.10 Å². The van der Waals surface area contributed by atoms with E-state index >= 15 is 0 Å². The first-order valence-electron chi connectivity index (χ1n) is 8.37. The van der Waals surface area contributed by atoms with Crippen LogP contribution in [0.5, 0.6) is 11.5 Å². The van der Waals surface area contributed by atoms with Gasteiger partial charge in [-0.1, -0.05) is 60.7 Å². The Balaban J connectivity index is 1.82. The van der Waals surface area contributed by atoms with E-state index in [4.69, 9.17) is 9.47 Å². The molecule has 0 saturated carbocycles. The number of rotatable bonds is 8. The first-order valence-corrected chi connectivity index (χ1v) is 8.37. The van der Waals surface area contributed by atoms with Gasteiger partial charge in [-0.3, -0.25) is 0 Å². The Labute approximate surface area is 148 Å². The summed E-state index contributed by atoms with van der Waals surface area (Å²) >= 11 is 0. The molecule has 0 spiro atoms. The monoisotopic (exact) mass is 334 g/mol. The zero-order chi connectivity index (χ0) is 17.5. The number of aliphatic hydroxyl groups is 1. The van der Waals surface area contributed by atoms with Crippen molar-refractivity contribution < 1.29 is 14.6 Å². The van der Waals surface area contributed by atoms with Crippen molar-refractivity contribution in [2.24, 2.45) is 0 Å². The van der Waals surface area contributed by atoms with Crippen LogP contribution in [0.4, 0.5) is 0 Å². The molecule has 0 aliphatic heterocycles. The van der Waals surface area contributed by atoms with E-state index in [0.29, 0.717) is 24.5 Å². The Bertz CT molecular complexity index is 827. The molecule has 3 nitrogen and oxygen atoms in total. The summed E-state index contributed by atoms with van der Waals surface area (Å²) in [6.07, 6.45) is 1.60. The largest absolute Gasteiger partial charge is 0.487 e. The van der Waals surface area contributed by atoms with E-state index < -0.39 is 6.10 Å². The second-order valence-electron chi connectivity index (χ2n) is 5.91. The third-order valence-corrected chi connectivity index (χ3v) is 3.92. The highest BCUT2D eigenvalue weighted by Crippen LogP contribution is 2.33. The first-order chi connectivity index (χ1) is 12.3. The van der Waals surface area contributed by atoms with Gasteiger partial charge < -0.3 is 14.6 Å². The van der Waals surface area contributed by atoms with Crippen LogP contribution < -0.4 is 9.47 Å². The fourth-order valence-electron chi connectivity index (χ4n) is 2.61. The normalized spacial score (nSPS) is 11.9. The highest BCUT2D eigenvalue weighted by atomic mass is 16.5. The van der Waals surface area contributed by atoms with Gasteiger partial charge in [-0.2, -0.15) is 0 Å². The van der Waals surface area contributed by atoms with Gasteiger partial charge in [0.2, 0.25) is 0 Å². The van der Waals surface area contributed by atoms with Gasteiger partial charge in [-0.25, -0.2) is 0 Å². The van der Waals surface area contributed by atoms with Crippen molar-refractivity contribution in [2.45, 2.75) is 19.1 Å². The van der Waals surface area contributed by atoms with Gasteiger partial charge in [0.1, 0.15) is 13.2 Å². The SMILES string of the molecule is C=CCC(O)COc1cc2ccccc2cc1OCc1ccccc1. The minimum atomic E-state index is -0.578. The fraction of sp³-hybridized carbons (Fsp3) is 0.182. The van der Waals surface area contributed by atoms with E-state index in [9.17, 15) is 5.11 Å². The Hall–Kier alpha value is -2.78. The predicted molar refractivity (Wildman–Crippen MR) is 101 cm³/mol. The zero-order valence-corrected chi connectivity index (χ0v) is 14.1. The lowest BCUT2D eigenvalue weighted by molar-refractivity contribution is 0.107. The molecule has 25 heavy (non-hydrogen) atoms. The molecule has 0 amide bonds. The molecule has 1 atom stereocenters. The molecular formula is C22H22O3. The molecule has 1 N–H and O–H groups in total. The number of fused-ring (bicyclic) bond motifs is 1. The van der Waals surface area contributed by atoms with Crippen LogP contribution in [0, 0.1) is 0 Å². The summed E-state index contributed by atoms with van der Waals surface area (Å²) in [5.41, 5.74) is 1.09. The Morgan fingerprint density at radius 2 is 1.48 bits per heavy atom. The minimum absolute atomic E-state index is 0.200. The third-order valence-electron chi connectivity index (χ3n) is 3.92. The third kappa shape index (κ3) is 4.61. The number of hydrogen-bond acceptors (Lipinski definition) is 3. The van der Waals surface area contributed by atoms with Crippen LogP contribution in [0.2, 0.25) is 0 Å². The van der Waals surface area contributed by atoms with Crippen LogP contribution >= 0.6 is 0 Å². The zero-order valence-electron chi connectivity index (χ0n) is 14.1. The standard InChI is InChI=1S/C22H22O3/c1-2-8-20(23)16-25-22-14-19-12-7-6-11-18(19)13-21(22)24-15-17-9-4-3-5-10-17/h2-7,9-14,20,23H,1,8,15-16H2. The number of ether oxygens (including phenoxy) is 2. The van der Waals surface area contributed by atoms with E-state index in [2.05, 4.69) is 6.58 Å². The molecule has 1 unspecified atom stereocenters. The van der Waals surface area contributed by atoms with Crippen molar-refractivity contribution in [3.63, 3.8) is 0 Å². The molecule has 3 heteroatoms. The predicted octanol–water partition coefficient (Wildman–Crippen LogP) is 4.73. The maximum Gasteiger partial charge on any atom is 0.162 e. The summed E-state index contributed by atoms with van der Waals surface area (Å²) in [4.78, 5) is 0. The summed E-state index contributed by atoms with van der Waals surface area (Å²) in [6.45, 7) is 4.30. The molecule has 0 fully saturated rings. The molecular weight excluding hydrogens is 312 g/mol. The van der Waals surface area contributed by atoms with Crippen LogP contribution in [0.1, 0.15) is 12.0 Å². The second kappa shape index (κ2) is 8.36. The molecule has 0 radical (unpaired) electrons. The minimum Gasteiger partial charge on any atom is -0.487 e. The van der Waals surface area contributed by atoms with Crippen molar-refractivity contribution >= 4 is 10.8 Å². The van der Waals surface area contributed by atoms with Gasteiger partial charge in [-0.15, -0.1) is 6.58 Å². The van der Waals surface area contributed by atoms with E-state index in [0.717, 1.165) is 16.3 Å². The van der Waals surface area contributed by atoms with Crippen molar-refractivity contribution in [3.05, 3.63) is 84.9 Å². The van der Waals surface area contributed by atoms with Crippen molar-refractivity contribution in [1.29, 1.82) is 0 Å². The van der Waals surface area contributed by atoms with Gasteiger partial charge in [0.25, 0.3) is 0 Å². The fourth-order valence-corrected chi connectivity index (χ4v) is 2.61. The Kier molecular flexibility index (Phi) is 5.70. The summed E-state index contributed by atoms with van der Waals surface area (Å²) in [7, 11) is 0. The van der Waals surface area contributed by atoms with Crippen molar-refractivity contribution in [3.8, 4) is 11.5 Å². The molecule has 128 valence electrons. The lowest BCUT2D eigenvalue weighted by Gasteiger charge is -2.16. The van der Waals surface area contributed by atoms with Crippen LogP contribution in [0.15, 0.2) is 79.4 Å². The van der Waals surface area contributed by atoms with E-state index in [1.165, 1.54) is 0 Å². The summed E-state index contributed by atoms with van der Waals surface area (Å²) in [5, 5.41) is 12.0. The second-order valence-corrected chi connectivity index (χ2v) is 5.91. The maximum atomic E-state index is 9.89. The lowest BCUT2D eigenvalue weighted by atomic mass is 10.1. The average molecular weight is 334 g/mol. The molecule has 0 aliphatic carbocycles. The average Bonchev–Trinajstić information content (AvgIpc) is 2.65. The topological polar surface area (TPSA) is 38.7 Å². The number of benzene rings is 3. The summed E-state index contributed by atoms with van der Waals surface area (Å²) < 4.78 is 11.8. The highest BCUT2D eigenvalue weighted by molar-refractivity contribution is 5.86. The quantitative estimate of drug-likeness (QED) is 0.605. The molecule has 0 aliphatic rings. The van der Waals surface area contributed by atoms with Gasteiger partial charge in [-0.05, 0) is 34.9 Å². The van der Waals surface area contributed by atoms with Gasteiger partial charge in [0.15, 0.2) is 11.5 Å². The van der Waals surface area contributed by atoms with Crippen molar-refractivity contribution in [1.82, 2.24) is 0 Å². The van der Waals surface area contributed by atoms with Crippen LogP contribution in [0.25, 0.3) is 10.8 Å². The van der Waals surface area contributed by atoms with Crippen LogP contribution in [-0.4, -0.2) is 17.8 Å². The molecule has 3 aromatic carbocycles. The molecule has 3 rings (SSSR count). The molecule has 3 aromatic rings. The summed E-state index contributed by atoms with van der Waals surface area (Å²) in [5.74, 6) is 1.31. The Morgan fingerprint density at radius 1 is 0.880 bits per heavy atom. The van der Waals surface area contributed by atoms with E-state index in [1.54, 1.807) is 6.08 Å². The molecule has 0 heterocycles. The lowest BCUT2D eigenvalue weighted by Crippen LogP contribution is -2.16. The van der Waals surface area contributed by atoms with Crippen molar-refractivity contribution in [2.75, 3.05) is 6.61 Å². The molecule has 0 saturated heterocycles. The highest BCUT2D eigenvalue weighted by Gasteiger charge is 2.10. The number of aliphatic hydroxyl groups excluding tert-OH is 1. The van der Waals surface area contributed by atoms with E-state index in [1.807, 2.05) is 66.7 Å². The van der Waals surface area contributed by atoms with Crippen LogP contribution in [0.3, 0.4) is 0 Å². The molecule has 0 aromatic heterocycles. The number of hydrogen-bond donors (Lipinski definition) is 1. The van der Waals surface area contributed by atoms with Gasteiger partial charge >= 0.3 is 0 Å². The van der Waals surface area contributed by atoms with Gasteiger partial charge in [0, 0.05) is 0 Å². The van der Waals surface area contributed by atoms with E-state index in [-0.39, 0.29) is 6.61 Å². The first kappa shape index (κ1) is 17.1. The van der Waals surface area contributed by atoms with Crippen LogP contribution in [-0.2, 0) is 6.61 Å². The Morgan fingerprint density at radius 3 is 2.12 bits per heavy atom. The summed E-state index contributed by atoms with van der Waals surface area (Å²) in [6, 6.07) is 22.0. The smallest absolute Gasteiger partial charge is 0.162 e.